The highest BCUT2D eigenvalue weighted by molar-refractivity contribution is 5.93. The van der Waals surface area contributed by atoms with Gasteiger partial charge in [0.05, 0.1) is 30.9 Å². The number of anilines is 1. The molecule has 0 aliphatic rings. The molecule has 1 aromatic heterocycles. The highest BCUT2D eigenvalue weighted by atomic mass is 16.5. The number of nitrogens with one attached hydrogen (secondary N) is 1. The molecule has 136 valence electrons. The Kier molecular flexibility index (Phi) is 5.09. The Morgan fingerprint density at radius 1 is 1.23 bits per heavy atom. The molecule has 0 aliphatic heterocycles. The normalized spacial score (nSPS) is 12.0. The second-order valence-electron chi connectivity index (χ2n) is 5.84. The largest absolute Gasteiger partial charge is 0.497 e. The number of hydrogen-bond acceptors (Lipinski definition) is 5. The van der Waals surface area contributed by atoms with Gasteiger partial charge in [0, 0.05) is 6.07 Å². The van der Waals surface area contributed by atoms with Crippen LogP contribution in [0.15, 0.2) is 42.5 Å². The molecule has 0 spiro atoms. The monoisotopic (exact) mass is 355 g/mol. The second kappa shape index (κ2) is 7.45. The Bertz CT molecular complexity index is 934. The van der Waals surface area contributed by atoms with Gasteiger partial charge in [0.25, 0.3) is 0 Å². The summed E-state index contributed by atoms with van der Waals surface area (Å²) in [5.74, 6) is 1.34. The minimum atomic E-state index is -0.786. The van der Waals surface area contributed by atoms with Gasteiger partial charge in [-0.25, -0.2) is 4.98 Å². The number of carbonyl (C=O) groups excluding carboxylic acids is 1. The van der Waals surface area contributed by atoms with Crippen molar-refractivity contribution in [3.8, 4) is 11.5 Å². The van der Waals surface area contributed by atoms with E-state index in [2.05, 4.69) is 10.3 Å². The van der Waals surface area contributed by atoms with Crippen molar-refractivity contribution in [2.45, 2.75) is 19.6 Å². The summed E-state index contributed by atoms with van der Waals surface area (Å²) in [7, 11) is 3.09. The predicted molar refractivity (Wildman–Crippen MR) is 98.5 cm³/mol. The standard InChI is InChI=1S/C19H21N3O4/c1-12(23)19-21-14-6-4-5-7-16(14)22(19)11-18(24)20-15-9-8-13(25-2)10-17(15)26-3/h4-10,12,23H,11H2,1-3H3,(H,20,24)/t12-/m1/s1. The summed E-state index contributed by atoms with van der Waals surface area (Å²) < 4.78 is 12.2. The molecule has 0 aliphatic carbocycles. The fourth-order valence-electron chi connectivity index (χ4n) is 2.81. The summed E-state index contributed by atoms with van der Waals surface area (Å²) in [4.78, 5) is 17.0. The van der Waals surface area contributed by atoms with Gasteiger partial charge in [-0.15, -0.1) is 0 Å². The van der Waals surface area contributed by atoms with E-state index in [1.807, 2.05) is 24.3 Å². The van der Waals surface area contributed by atoms with Crippen LogP contribution in [0.5, 0.6) is 11.5 Å². The second-order valence-corrected chi connectivity index (χ2v) is 5.84. The van der Waals surface area contributed by atoms with Crippen molar-refractivity contribution in [2.75, 3.05) is 19.5 Å². The minimum absolute atomic E-state index is 0.0237. The van der Waals surface area contributed by atoms with Crippen molar-refractivity contribution < 1.29 is 19.4 Å². The van der Waals surface area contributed by atoms with E-state index in [-0.39, 0.29) is 12.5 Å². The lowest BCUT2D eigenvalue weighted by atomic mass is 10.2. The Hall–Kier alpha value is -3.06. The lowest BCUT2D eigenvalue weighted by molar-refractivity contribution is -0.116. The third-order valence-electron chi connectivity index (χ3n) is 4.04. The molecule has 0 saturated carbocycles. The van der Waals surface area contributed by atoms with Gasteiger partial charge >= 0.3 is 0 Å². The molecule has 0 bridgehead atoms. The van der Waals surface area contributed by atoms with E-state index in [0.29, 0.717) is 23.0 Å². The molecule has 1 amide bonds. The van der Waals surface area contributed by atoms with Crippen LogP contribution in [0.3, 0.4) is 0 Å². The molecule has 0 unspecified atom stereocenters. The Labute approximate surface area is 151 Å². The third kappa shape index (κ3) is 3.48. The van der Waals surface area contributed by atoms with Crippen molar-refractivity contribution in [1.82, 2.24) is 9.55 Å². The highest BCUT2D eigenvalue weighted by Gasteiger charge is 2.17. The number of benzene rings is 2. The molecular formula is C19H21N3O4. The number of aromatic nitrogens is 2. The summed E-state index contributed by atoms with van der Waals surface area (Å²) in [5, 5.41) is 12.8. The van der Waals surface area contributed by atoms with Crippen molar-refractivity contribution in [1.29, 1.82) is 0 Å². The van der Waals surface area contributed by atoms with Crippen LogP contribution in [0.1, 0.15) is 18.9 Å². The van der Waals surface area contributed by atoms with Gasteiger partial charge in [0.1, 0.15) is 30.0 Å². The van der Waals surface area contributed by atoms with Crippen LogP contribution in [-0.2, 0) is 11.3 Å². The van der Waals surface area contributed by atoms with Gasteiger partial charge in [0.2, 0.25) is 5.91 Å². The van der Waals surface area contributed by atoms with E-state index >= 15 is 0 Å². The zero-order chi connectivity index (χ0) is 18.7. The number of amides is 1. The molecule has 3 rings (SSSR count). The third-order valence-corrected chi connectivity index (χ3v) is 4.04. The van der Waals surface area contributed by atoms with E-state index in [9.17, 15) is 9.90 Å². The number of rotatable bonds is 6. The van der Waals surface area contributed by atoms with Crippen LogP contribution < -0.4 is 14.8 Å². The predicted octanol–water partition coefficient (Wildman–Crippen LogP) is 2.75. The summed E-state index contributed by atoms with van der Waals surface area (Å²) >= 11 is 0. The van der Waals surface area contributed by atoms with Crippen molar-refractivity contribution >= 4 is 22.6 Å². The van der Waals surface area contributed by atoms with Gasteiger partial charge in [-0.3, -0.25) is 4.79 Å². The first-order valence-electron chi connectivity index (χ1n) is 8.18. The lowest BCUT2D eigenvalue weighted by Gasteiger charge is -2.14. The van der Waals surface area contributed by atoms with Crippen LogP contribution in [0.25, 0.3) is 11.0 Å². The molecule has 1 heterocycles. The zero-order valence-corrected chi connectivity index (χ0v) is 14.9. The number of methoxy groups -OCH3 is 2. The highest BCUT2D eigenvalue weighted by Crippen LogP contribution is 2.29. The number of aliphatic hydroxyl groups excluding tert-OH is 1. The van der Waals surface area contributed by atoms with Crippen LogP contribution in [0, 0.1) is 0 Å². The van der Waals surface area contributed by atoms with Gasteiger partial charge in [-0.1, -0.05) is 12.1 Å². The SMILES string of the molecule is COc1ccc(NC(=O)Cn2c([C@@H](C)O)nc3ccccc32)c(OC)c1. The molecule has 26 heavy (non-hydrogen) atoms. The smallest absolute Gasteiger partial charge is 0.244 e. The average Bonchev–Trinajstić information content (AvgIpc) is 3.01. The van der Waals surface area contributed by atoms with Crippen LogP contribution in [0.2, 0.25) is 0 Å². The van der Waals surface area contributed by atoms with Crippen molar-refractivity contribution in [2.24, 2.45) is 0 Å². The average molecular weight is 355 g/mol. The van der Waals surface area contributed by atoms with Crippen LogP contribution >= 0.6 is 0 Å². The molecule has 0 fully saturated rings. The zero-order valence-electron chi connectivity index (χ0n) is 14.9. The first-order valence-corrected chi connectivity index (χ1v) is 8.18. The molecule has 2 N–H and O–H groups in total. The van der Waals surface area contributed by atoms with Gasteiger partial charge in [0.15, 0.2) is 0 Å². The van der Waals surface area contributed by atoms with Crippen LogP contribution in [0.4, 0.5) is 5.69 Å². The molecule has 7 heteroatoms. The number of carbonyl (C=O) groups is 1. The number of fused-ring (bicyclic) bond motifs is 1. The van der Waals surface area contributed by atoms with E-state index in [0.717, 1.165) is 11.0 Å². The van der Waals surface area contributed by atoms with E-state index in [1.54, 1.807) is 36.8 Å². The number of aliphatic hydroxyl groups is 1. The lowest BCUT2D eigenvalue weighted by Crippen LogP contribution is -2.21. The molecule has 0 saturated heterocycles. The van der Waals surface area contributed by atoms with E-state index in [4.69, 9.17) is 9.47 Å². The minimum Gasteiger partial charge on any atom is -0.497 e. The van der Waals surface area contributed by atoms with Crippen LogP contribution in [-0.4, -0.2) is 34.8 Å². The summed E-state index contributed by atoms with van der Waals surface area (Å²) in [6.45, 7) is 1.65. The Morgan fingerprint density at radius 2 is 2.00 bits per heavy atom. The Balaban J connectivity index is 1.87. The summed E-state index contributed by atoms with van der Waals surface area (Å²) in [6, 6.07) is 12.6. The number of para-hydroxylation sites is 2. The number of imidazole rings is 1. The fourth-order valence-corrected chi connectivity index (χ4v) is 2.81. The molecule has 2 aromatic carbocycles. The molecule has 7 nitrogen and oxygen atoms in total. The topological polar surface area (TPSA) is 85.6 Å². The molecule has 0 radical (unpaired) electrons. The maximum atomic E-state index is 12.6. The number of hydrogen-bond donors (Lipinski definition) is 2. The first kappa shape index (κ1) is 17.8. The molecule has 1 atom stereocenters. The van der Waals surface area contributed by atoms with Gasteiger partial charge in [-0.05, 0) is 31.2 Å². The number of nitrogens with zero attached hydrogens (tertiary/aromatic N) is 2. The summed E-state index contributed by atoms with van der Waals surface area (Å²) in [6.07, 6.45) is -0.786. The van der Waals surface area contributed by atoms with Gasteiger partial charge in [-0.2, -0.15) is 0 Å². The number of ether oxygens (including phenoxy) is 2. The van der Waals surface area contributed by atoms with E-state index in [1.165, 1.54) is 7.11 Å². The Morgan fingerprint density at radius 3 is 2.69 bits per heavy atom. The maximum absolute atomic E-state index is 12.6. The summed E-state index contributed by atoms with van der Waals surface area (Å²) in [5.41, 5.74) is 2.07. The van der Waals surface area contributed by atoms with Crippen molar-refractivity contribution in [3.05, 3.63) is 48.3 Å². The molecule has 3 aromatic rings. The quantitative estimate of drug-likeness (QED) is 0.710. The van der Waals surface area contributed by atoms with E-state index < -0.39 is 6.10 Å². The van der Waals surface area contributed by atoms with Crippen molar-refractivity contribution in [3.63, 3.8) is 0 Å². The fraction of sp³-hybridized carbons (Fsp3) is 0.263. The maximum Gasteiger partial charge on any atom is 0.244 e. The van der Waals surface area contributed by atoms with Gasteiger partial charge < -0.3 is 24.5 Å². The first-order chi connectivity index (χ1) is 12.5. The molecular weight excluding hydrogens is 334 g/mol.